The van der Waals surface area contributed by atoms with E-state index in [1.165, 1.54) is 41.5 Å². The summed E-state index contributed by atoms with van der Waals surface area (Å²) in [6.07, 6.45) is 3.83. The van der Waals surface area contributed by atoms with Gasteiger partial charge in [0.25, 0.3) is 0 Å². The smallest absolute Gasteiger partial charge is 0.0205 e. The summed E-state index contributed by atoms with van der Waals surface area (Å²) >= 11 is 0. The molecule has 20 heavy (non-hydrogen) atoms. The molecule has 0 spiro atoms. The number of nitrogens with one attached hydrogen (secondary N) is 1. The standard InChI is InChI=1S/C19H23N/c1-3-20-13-15-8-7-14(2)19(11-15)18-10-9-16-5-4-6-17(16)12-18/h7-12,20H,3-6,13H2,1-2H3. The van der Waals surface area contributed by atoms with Crippen molar-refractivity contribution in [3.05, 3.63) is 58.7 Å². The number of hydrogen-bond acceptors (Lipinski definition) is 1. The summed E-state index contributed by atoms with van der Waals surface area (Å²) in [4.78, 5) is 0. The van der Waals surface area contributed by atoms with Crippen LogP contribution in [0.15, 0.2) is 36.4 Å². The lowest BCUT2D eigenvalue weighted by atomic mass is 9.95. The highest BCUT2D eigenvalue weighted by Crippen LogP contribution is 2.30. The normalized spacial score (nSPS) is 13.5. The average Bonchev–Trinajstić information content (AvgIpc) is 2.93. The third kappa shape index (κ3) is 2.64. The van der Waals surface area contributed by atoms with Gasteiger partial charge in [-0.1, -0.05) is 37.3 Å². The van der Waals surface area contributed by atoms with Gasteiger partial charge in [-0.2, -0.15) is 0 Å². The van der Waals surface area contributed by atoms with Crippen LogP contribution in [0.5, 0.6) is 0 Å². The van der Waals surface area contributed by atoms with Crippen molar-refractivity contribution in [1.29, 1.82) is 0 Å². The highest BCUT2D eigenvalue weighted by molar-refractivity contribution is 5.69. The molecule has 2 aromatic rings. The van der Waals surface area contributed by atoms with Crippen molar-refractivity contribution in [2.45, 2.75) is 39.7 Å². The number of fused-ring (bicyclic) bond motifs is 1. The number of hydrogen-bond donors (Lipinski definition) is 1. The first-order chi connectivity index (χ1) is 9.78. The van der Waals surface area contributed by atoms with Gasteiger partial charge in [-0.05, 0) is 72.2 Å². The van der Waals surface area contributed by atoms with Crippen molar-refractivity contribution in [2.75, 3.05) is 6.54 Å². The van der Waals surface area contributed by atoms with Crippen LogP contribution in [0.2, 0.25) is 0 Å². The van der Waals surface area contributed by atoms with Gasteiger partial charge in [-0.15, -0.1) is 0 Å². The zero-order chi connectivity index (χ0) is 13.9. The van der Waals surface area contributed by atoms with Gasteiger partial charge in [0.1, 0.15) is 0 Å². The van der Waals surface area contributed by atoms with E-state index in [9.17, 15) is 0 Å². The summed E-state index contributed by atoms with van der Waals surface area (Å²) in [6.45, 7) is 6.33. The molecule has 0 fully saturated rings. The minimum atomic E-state index is 0.953. The number of benzene rings is 2. The Morgan fingerprint density at radius 1 is 1.00 bits per heavy atom. The van der Waals surface area contributed by atoms with Gasteiger partial charge >= 0.3 is 0 Å². The Hall–Kier alpha value is -1.60. The molecule has 3 rings (SSSR count). The van der Waals surface area contributed by atoms with Crippen molar-refractivity contribution >= 4 is 0 Å². The van der Waals surface area contributed by atoms with Gasteiger partial charge in [-0.25, -0.2) is 0 Å². The minimum Gasteiger partial charge on any atom is -0.313 e. The zero-order valence-corrected chi connectivity index (χ0v) is 12.5. The molecular formula is C19H23N. The van der Waals surface area contributed by atoms with Crippen LogP contribution in [-0.4, -0.2) is 6.54 Å². The van der Waals surface area contributed by atoms with E-state index in [1.54, 1.807) is 11.1 Å². The Labute approximate surface area is 122 Å². The molecule has 0 radical (unpaired) electrons. The second kappa shape index (κ2) is 5.80. The lowest BCUT2D eigenvalue weighted by molar-refractivity contribution is 0.727. The maximum atomic E-state index is 3.40. The molecule has 0 saturated heterocycles. The predicted molar refractivity (Wildman–Crippen MR) is 86.0 cm³/mol. The molecule has 104 valence electrons. The van der Waals surface area contributed by atoms with Crippen molar-refractivity contribution in [1.82, 2.24) is 5.32 Å². The van der Waals surface area contributed by atoms with Crippen molar-refractivity contribution in [2.24, 2.45) is 0 Å². The quantitative estimate of drug-likeness (QED) is 0.871. The van der Waals surface area contributed by atoms with E-state index >= 15 is 0 Å². The highest BCUT2D eigenvalue weighted by atomic mass is 14.8. The first kappa shape index (κ1) is 13.4. The van der Waals surface area contributed by atoms with Crippen LogP contribution in [0, 0.1) is 6.92 Å². The SMILES string of the molecule is CCNCc1ccc(C)c(-c2ccc3c(c2)CCC3)c1. The second-order valence-corrected chi connectivity index (χ2v) is 5.77. The summed E-state index contributed by atoms with van der Waals surface area (Å²) in [5, 5.41) is 3.40. The van der Waals surface area contributed by atoms with E-state index in [1.807, 2.05) is 0 Å². The summed E-state index contributed by atoms with van der Waals surface area (Å²) < 4.78 is 0. The molecule has 1 N–H and O–H groups in total. The third-order valence-electron chi connectivity index (χ3n) is 4.29. The molecule has 1 nitrogen and oxygen atoms in total. The molecule has 0 heterocycles. The molecule has 0 bridgehead atoms. The first-order valence-electron chi connectivity index (χ1n) is 7.70. The van der Waals surface area contributed by atoms with Gasteiger partial charge in [0.05, 0.1) is 0 Å². The van der Waals surface area contributed by atoms with Crippen LogP contribution in [0.3, 0.4) is 0 Å². The molecule has 1 aliphatic carbocycles. The molecular weight excluding hydrogens is 242 g/mol. The van der Waals surface area contributed by atoms with E-state index < -0.39 is 0 Å². The second-order valence-electron chi connectivity index (χ2n) is 5.77. The van der Waals surface area contributed by atoms with E-state index in [2.05, 4.69) is 55.6 Å². The fraction of sp³-hybridized carbons (Fsp3) is 0.368. The Bertz CT molecular complexity index is 613. The van der Waals surface area contributed by atoms with E-state index in [-0.39, 0.29) is 0 Å². The fourth-order valence-electron chi connectivity index (χ4n) is 3.10. The molecule has 0 amide bonds. The van der Waals surface area contributed by atoms with Gasteiger partial charge in [0.15, 0.2) is 0 Å². The van der Waals surface area contributed by atoms with Crippen LogP contribution >= 0.6 is 0 Å². The Morgan fingerprint density at radius 2 is 1.85 bits per heavy atom. The Balaban J connectivity index is 1.96. The largest absolute Gasteiger partial charge is 0.313 e. The highest BCUT2D eigenvalue weighted by Gasteiger charge is 2.12. The van der Waals surface area contributed by atoms with E-state index in [0.717, 1.165) is 13.1 Å². The Morgan fingerprint density at radius 3 is 2.70 bits per heavy atom. The van der Waals surface area contributed by atoms with Gasteiger partial charge in [0, 0.05) is 6.54 Å². The topological polar surface area (TPSA) is 12.0 Å². The van der Waals surface area contributed by atoms with Gasteiger partial charge < -0.3 is 5.32 Å². The van der Waals surface area contributed by atoms with Crippen molar-refractivity contribution in [3.63, 3.8) is 0 Å². The van der Waals surface area contributed by atoms with Crippen molar-refractivity contribution < 1.29 is 0 Å². The maximum absolute atomic E-state index is 3.40. The third-order valence-corrected chi connectivity index (χ3v) is 4.29. The molecule has 0 atom stereocenters. The molecule has 1 heteroatoms. The summed E-state index contributed by atoms with van der Waals surface area (Å²) in [7, 11) is 0. The molecule has 0 aliphatic heterocycles. The van der Waals surface area contributed by atoms with Crippen molar-refractivity contribution in [3.8, 4) is 11.1 Å². The lowest BCUT2D eigenvalue weighted by Crippen LogP contribution is -2.11. The van der Waals surface area contributed by atoms with Crippen LogP contribution in [0.4, 0.5) is 0 Å². The molecule has 2 aromatic carbocycles. The summed E-state index contributed by atoms with van der Waals surface area (Å²) in [6, 6.07) is 13.8. The first-order valence-corrected chi connectivity index (χ1v) is 7.70. The van der Waals surface area contributed by atoms with Gasteiger partial charge in [0.2, 0.25) is 0 Å². The minimum absolute atomic E-state index is 0.953. The maximum Gasteiger partial charge on any atom is 0.0205 e. The van der Waals surface area contributed by atoms with Crippen LogP contribution < -0.4 is 5.32 Å². The van der Waals surface area contributed by atoms with Crippen LogP contribution in [0.25, 0.3) is 11.1 Å². The summed E-state index contributed by atoms with van der Waals surface area (Å²) in [5.74, 6) is 0. The molecule has 1 aliphatic rings. The number of aryl methyl sites for hydroxylation is 3. The van der Waals surface area contributed by atoms with Crippen LogP contribution in [0.1, 0.15) is 35.6 Å². The fourth-order valence-corrected chi connectivity index (χ4v) is 3.10. The molecule has 0 aromatic heterocycles. The predicted octanol–water partition coefficient (Wildman–Crippen LogP) is 4.26. The van der Waals surface area contributed by atoms with E-state index in [4.69, 9.17) is 0 Å². The molecule has 0 unspecified atom stereocenters. The van der Waals surface area contributed by atoms with Crippen LogP contribution in [-0.2, 0) is 19.4 Å². The lowest BCUT2D eigenvalue weighted by Gasteiger charge is -2.11. The summed E-state index contributed by atoms with van der Waals surface area (Å²) in [5.41, 5.74) is 8.60. The van der Waals surface area contributed by atoms with E-state index in [0.29, 0.717) is 0 Å². The number of rotatable bonds is 4. The zero-order valence-electron chi connectivity index (χ0n) is 12.5. The monoisotopic (exact) mass is 265 g/mol. The average molecular weight is 265 g/mol. The Kier molecular flexibility index (Phi) is 3.88. The van der Waals surface area contributed by atoms with Gasteiger partial charge in [-0.3, -0.25) is 0 Å². The molecule has 0 saturated carbocycles.